The zero-order chi connectivity index (χ0) is 14.7. The Morgan fingerprint density at radius 2 is 1.24 bits per heavy atom. The summed E-state index contributed by atoms with van der Waals surface area (Å²) in [5.74, 6) is 3.14. The zero-order valence-corrected chi connectivity index (χ0v) is 12.0. The Bertz CT molecular complexity index is 743. The van der Waals surface area contributed by atoms with Crippen molar-refractivity contribution in [2.45, 2.75) is 0 Å². The summed E-state index contributed by atoms with van der Waals surface area (Å²) >= 11 is 0. The van der Waals surface area contributed by atoms with Crippen LogP contribution in [0.1, 0.15) is 0 Å². The summed E-state index contributed by atoms with van der Waals surface area (Å²) in [7, 11) is 3.31. The van der Waals surface area contributed by atoms with Crippen LogP contribution in [0.5, 0.6) is 23.0 Å². The van der Waals surface area contributed by atoms with Crippen molar-refractivity contribution < 1.29 is 14.2 Å². The smallest absolute Gasteiger partial charge is 0.138 e. The third-order valence-corrected chi connectivity index (χ3v) is 3.34. The van der Waals surface area contributed by atoms with Crippen LogP contribution in [0.3, 0.4) is 0 Å². The van der Waals surface area contributed by atoms with E-state index in [9.17, 15) is 0 Å². The molecule has 0 N–H and O–H groups in total. The summed E-state index contributed by atoms with van der Waals surface area (Å²) in [6.07, 6.45) is 0. The van der Waals surface area contributed by atoms with E-state index in [-0.39, 0.29) is 0 Å². The van der Waals surface area contributed by atoms with Crippen molar-refractivity contribution in [1.82, 2.24) is 0 Å². The minimum Gasteiger partial charge on any atom is -0.497 e. The maximum absolute atomic E-state index is 6.00. The summed E-state index contributed by atoms with van der Waals surface area (Å²) in [5, 5.41) is 2.05. The molecule has 0 radical (unpaired) electrons. The molecule has 0 unspecified atom stereocenters. The molecule has 3 nitrogen and oxygen atoms in total. The summed E-state index contributed by atoms with van der Waals surface area (Å²) in [6, 6.07) is 19.4. The molecule has 3 aromatic rings. The number of fused-ring (bicyclic) bond motifs is 1. The monoisotopic (exact) mass is 280 g/mol. The first kappa shape index (κ1) is 13.3. The molecule has 3 rings (SSSR count). The molecule has 0 fully saturated rings. The Labute approximate surface area is 123 Å². The second kappa shape index (κ2) is 5.75. The normalized spacial score (nSPS) is 10.4. The first-order valence-electron chi connectivity index (χ1n) is 6.69. The van der Waals surface area contributed by atoms with Crippen LogP contribution in [0.15, 0.2) is 60.7 Å². The van der Waals surface area contributed by atoms with Gasteiger partial charge in [0.15, 0.2) is 0 Å². The highest BCUT2D eigenvalue weighted by Crippen LogP contribution is 2.36. The predicted octanol–water partition coefficient (Wildman–Crippen LogP) is 4.65. The van der Waals surface area contributed by atoms with Crippen LogP contribution in [-0.2, 0) is 0 Å². The lowest BCUT2D eigenvalue weighted by Gasteiger charge is -2.12. The second-order valence-corrected chi connectivity index (χ2v) is 4.59. The van der Waals surface area contributed by atoms with Gasteiger partial charge in [-0.05, 0) is 41.8 Å². The lowest BCUT2D eigenvalue weighted by molar-refractivity contribution is 0.412. The van der Waals surface area contributed by atoms with Crippen molar-refractivity contribution in [2.75, 3.05) is 14.2 Å². The minimum absolute atomic E-state index is 0.759. The van der Waals surface area contributed by atoms with Crippen molar-refractivity contribution in [2.24, 2.45) is 0 Å². The van der Waals surface area contributed by atoms with Crippen molar-refractivity contribution in [3.63, 3.8) is 0 Å². The van der Waals surface area contributed by atoms with Crippen LogP contribution in [0, 0.1) is 0 Å². The fourth-order valence-electron chi connectivity index (χ4n) is 2.30. The molecule has 0 aromatic heterocycles. The molecule has 0 aliphatic heterocycles. The number of benzene rings is 3. The number of hydrogen-bond donors (Lipinski definition) is 0. The summed E-state index contributed by atoms with van der Waals surface area (Å²) in [6.45, 7) is 0. The van der Waals surface area contributed by atoms with Crippen LogP contribution in [0.2, 0.25) is 0 Å². The van der Waals surface area contributed by atoms with E-state index >= 15 is 0 Å². The number of ether oxygens (including phenoxy) is 3. The fourth-order valence-corrected chi connectivity index (χ4v) is 2.30. The van der Waals surface area contributed by atoms with E-state index < -0.39 is 0 Å². The van der Waals surface area contributed by atoms with Gasteiger partial charge in [-0.25, -0.2) is 0 Å². The van der Waals surface area contributed by atoms with Gasteiger partial charge in [0.25, 0.3) is 0 Å². The van der Waals surface area contributed by atoms with Gasteiger partial charge in [0.1, 0.15) is 23.0 Å². The van der Waals surface area contributed by atoms with Gasteiger partial charge in [-0.3, -0.25) is 0 Å². The maximum Gasteiger partial charge on any atom is 0.138 e. The highest BCUT2D eigenvalue weighted by molar-refractivity contribution is 5.94. The third-order valence-electron chi connectivity index (χ3n) is 3.34. The molecule has 0 amide bonds. The van der Waals surface area contributed by atoms with E-state index in [4.69, 9.17) is 14.2 Å². The lowest BCUT2D eigenvalue weighted by atomic mass is 10.1. The highest BCUT2D eigenvalue weighted by atomic mass is 16.5. The van der Waals surface area contributed by atoms with Gasteiger partial charge < -0.3 is 14.2 Å². The SMILES string of the molecule is COc1ccc(Oc2cccc3cccc(OC)c23)cc1. The van der Waals surface area contributed by atoms with Gasteiger partial charge in [0, 0.05) is 0 Å². The van der Waals surface area contributed by atoms with Crippen LogP contribution >= 0.6 is 0 Å². The third kappa shape index (κ3) is 2.63. The van der Waals surface area contributed by atoms with Crippen molar-refractivity contribution >= 4 is 10.8 Å². The zero-order valence-electron chi connectivity index (χ0n) is 12.0. The lowest BCUT2D eigenvalue weighted by Crippen LogP contribution is -1.90. The highest BCUT2D eigenvalue weighted by Gasteiger charge is 2.08. The van der Waals surface area contributed by atoms with E-state index in [1.165, 1.54) is 0 Å². The van der Waals surface area contributed by atoms with Crippen molar-refractivity contribution in [1.29, 1.82) is 0 Å². The molecule has 0 spiro atoms. The van der Waals surface area contributed by atoms with Crippen molar-refractivity contribution in [3.8, 4) is 23.0 Å². The first-order valence-corrected chi connectivity index (χ1v) is 6.69. The van der Waals surface area contributed by atoms with Crippen molar-refractivity contribution in [3.05, 3.63) is 60.7 Å². The molecule has 0 atom stereocenters. The Balaban J connectivity index is 2.03. The van der Waals surface area contributed by atoms with E-state index in [0.717, 1.165) is 33.8 Å². The molecule has 3 heteroatoms. The number of rotatable bonds is 4. The van der Waals surface area contributed by atoms with Gasteiger partial charge >= 0.3 is 0 Å². The van der Waals surface area contributed by atoms with Gasteiger partial charge in [-0.2, -0.15) is 0 Å². The van der Waals surface area contributed by atoms with E-state index in [1.807, 2.05) is 60.7 Å². The van der Waals surface area contributed by atoms with Gasteiger partial charge in [0.05, 0.1) is 19.6 Å². The summed E-state index contributed by atoms with van der Waals surface area (Å²) < 4.78 is 16.6. The predicted molar refractivity (Wildman–Crippen MR) is 83.6 cm³/mol. The molecular weight excluding hydrogens is 264 g/mol. The van der Waals surface area contributed by atoms with Crippen LogP contribution in [-0.4, -0.2) is 14.2 Å². The first-order chi connectivity index (χ1) is 10.3. The standard InChI is InChI=1S/C18H16O3/c1-19-14-9-11-15(12-10-14)21-17-8-4-6-13-5-3-7-16(20-2)18(13)17/h3-12H,1-2H3. The molecular formula is C18H16O3. The molecule has 0 aliphatic rings. The number of hydrogen-bond acceptors (Lipinski definition) is 3. The van der Waals surface area contributed by atoms with E-state index in [2.05, 4.69) is 0 Å². The molecule has 0 heterocycles. The Kier molecular flexibility index (Phi) is 3.65. The van der Waals surface area contributed by atoms with E-state index in [0.29, 0.717) is 0 Å². The van der Waals surface area contributed by atoms with Gasteiger partial charge in [0.2, 0.25) is 0 Å². The van der Waals surface area contributed by atoms with Crippen LogP contribution in [0.25, 0.3) is 10.8 Å². The van der Waals surface area contributed by atoms with Crippen LogP contribution in [0.4, 0.5) is 0 Å². The van der Waals surface area contributed by atoms with E-state index in [1.54, 1.807) is 14.2 Å². The average Bonchev–Trinajstić information content (AvgIpc) is 2.55. The summed E-state index contributed by atoms with van der Waals surface area (Å²) in [4.78, 5) is 0. The molecule has 21 heavy (non-hydrogen) atoms. The van der Waals surface area contributed by atoms with Crippen LogP contribution < -0.4 is 14.2 Å². The topological polar surface area (TPSA) is 27.7 Å². The maximum atomic E-state index is 6.00. The Morgan fingerprint density at radius 3 is 1.86 bits per heavy atom. The fraction of sp³-hybridized carbons (Fsp3) is 0.111. The molecule has 0 bridgehead atoms. The summed E-state index contributed by atoms with van der Waals surface area (Å²) in [5.41, 5.74) is 0. The molecule has 3 aromatic carbocycles. The molecule has 0 saturated heterocycles. The molecule has 106 valence electrons. The van der Waals surface area contributed by atoms with Gasteiger partial charge in [-0.1, -0.05) is 24.3 Å². The molecule has 0 saturated carbocycles. The number of methoxy groups -OCH3 is 2. The second-order valence-electron chi connectivity index (χ2n) is 4.59. The average molecular weight is 280 g/mol. The van der Waals surface area contributed by atoms with Gasteiger partial charge in [-0.15, -0.1) is 0 Å². The quantitative estimate of drug-likeness (QED) is 0.696. The molecule has 0 aliphatic carbocycles. The largest absolute Gasteiger partial charge is 0.497 e. The minimum atomic E-state index is 0.759. The Morgan fingerprint density at radius 1 is 0.619 bits per heavy atom. The Hall–Kier alpha value is -2.68.